The number of benzene rings is 2. The lowest BCUT2D eigenvalue weighted by atomic mass is 9.94. The van der Waals surface area contributed by atoms with Gasteiger partial charge < -0.3 is 5.32 Å². The zero-order valence-electron chi connectivity index (χ0n) is 11.6. The standard InChI is InChI=1S/C18H21N/c1-2-5-14-9-11-15(12-10-14)17-8-3-6-16-7-4-13-19-18(16)17/h3,6,8-12,19H,2,4-5,7,13H2,1H3. The minimum absolute atomic E-state index is 1.10. The summed E-state index contributed by atoms with van der Waals surface area (Å²) in [5.41, 5.74) is 6.91. The molecular weight excluding hydrogens is 230 g/mol. The molecule has 1 heteroatoms. The van der Waals surface area contributed by atoms with E-state index in [1.165, 1.54) is 53.6 Å². The van der Waals surface area contributed by atoms with Crippen LogP contribution in [0.25, 0.3) is 11.1 Å². The van der Waals surface area contributed by atoms with Crippen molar-refractivity contribution in [2.45, 2.75) is 32.6 Å². The van der Waals surface area contributed by atoms with Gasteiger partial charge in [-0.05, 0) is 36.0 Å². The van der Waals surface area contributed by atoms with Crippen molar-refractivity contribution in [1.82, 2.24) is 0 Å². The van der Waals surface area contributed by atoms with Gasteiger partial charge >= 0.3 is 0 Å². The predicted molar refractivity (Wildman–Crippen MR) is 82.7 cm³/mol. The monoisotopic (exact) mass is 251 g/mol. The lowest BCUT2D eigenvalue weighted by molar-refractivity contribution is 0.831. The molecule has 19 heavy (non-hydrogen) atoms. The number of nitrogens with one attached hydrogen (secondary N) is 1. The van der Waals surface area contributed by atoms with Gasteiger partial charge in [-0.2, -0.15) is 0 Å². The first-order chi connectivity index (χ1) is 9.38. The van der Waals surface area contributed by atoms with Crippen molar-refractivity contribution in [3.05, 3.63) is 53.6 Å². The van der Waals surface area contributed by atoms with Crippen LogP contribution in [-0.4, -0.2) is 6.54 Å². The van der Waals surface area contributed by atoms with E-state index in [1.807, 2.05) is 0 Å². The maximum absolute atomic E-state index is 3.57. The van der Waals surface area contributed by atoms with E-state index in [1.54, 1.807) is 0 Å². The summed E-state index contributed by atoms with van der Waals surface area (Å²) in [4.78, 5) is 0. The highest BCUT2D eigenvalue weighted by atomic mass is 14.9. The van der Waals surface area contributed by atoms with Crippen molar-refractivity contribution in [2.75, 3.05) is 11.9 Å². The van der Waals surface area contributed by atoms with E-state index in [0.29, 0.717) is 0 Å². The Kier molecular flexibility index (Phi) is 3.54. The maximum atomic E-state index is 3.57. The van der Waals surface area contributed by atoms with Gasteiger partial charge in [0.25, 0.3) is 0 Å². The van der Waals surface area contributed by atoms with E-state index < -0.39 is 0 Å². The van der Waals surface area contributed by atoms with Crippen molar-refractivity contribution in [3.63, 3.8) is 0 Å². The molecule has 0 aromatic heterocycles. The highest BCUT2D eigenvalue weighted by Crippen LogP contribution is 2.33. The summed E-state index contributed by atoms with van der Waals surface area (Å²) >= 11 is 0. The van der Waals surface area contributed by atoms with Crippen LogP contribution in [0, 0.1) is 0 Å². The number of anilines is 1. The molecule has 0 fully saturated rings. The molecule has 0 bridgehead atoms. The summed E-state index contributed by atoms with van der Waals surface area (Å²) in [5.74, 6) is 0. The lowest BCUT2D eigenvalue weighted by Crippen LogP contribution is -2.12. The molecule has 1 aliphatic heterocycles. The van der Waals surface area contributed by atoms with Crippen molar-refractivity contribution in [1.29, 1.82) is 0 Å². The molecule has 0 radical (unpaired) electrons. The fraction of sp³-hybridized carbons (Fsp3) is 0.333. The molecule has 0 aliphatic carbocycles. The van der Waals surface area contributed by atoms with Crippen molar-refractivity contribution in [2.24, 2.45) is 0 Å². The Morgan fingerprint density at radius 2 is 1.89 bits per heavy atom. The summed E-state index contributed by atoms with van der Waals surface area (Å²) in [6, 6.07) is 15.7. The zero-order valence-corrected chi connectivity index (χ0v) is 11.6. The van der Waals surface area contributed by atoms with Gasteiger partial charge in [0, 0.05) is 17.8 Å². The second-order valence-corrected chi connectivity index (χ2v) is 5.32. The Morgan fingerprint density at radius 3 is 2.68 bits per heavy atom. The van der Waals surface area contributed by atoms with Gasteiger partial charge in [-0.1, -0.05) is 55.8 Å². The third kappa shape index (κ3) is 2.51. The quantitative estimate of drug-likeness (QED) is 0.836. The average molecular weight is 251 g/mol. The highest BCUT2D eigenvalue weighted by molar-refractivity contribution is 5.80. The summed E-state index contributed by atoms with van der Waals surface area (Å²) in [7, 11) is 0. The number of fused-ring (bicyclic) bond motifs is 1. The molecule has 0 unspecified atom stereocenters. The SMILES string of the molecule is CCCc1ccc(-c2cccc3c2NCCC3)cc1. The largest absolute Gasteiger partial charge is 0.384 e. The van der Waals surface area contributed by atoms with E-state index in [0.717, 1.165) is 6.54 Å². The van der Waals surface area contributed by atoms with Gasteiger partial charge in [0.2, 0.25) is 0 Å². The molecule has 0 spiro atoms. The number of hydrogen-bond acceptors (Lipinski definition) is 1. The van der Waals surface area contributed by atoms with E-state index in [2.05, 4.69) is 54.7 Å². The molecule has 0 atom stereocenters. The van der Waals surface area contributed by atoms with Gasteiger partial charge in [-0.25, -0.2) is 0 Å². The molecule has 1 nitrogen and oxygen atoms in total. The molecule has 98 valence electrons. The molecule has 0 saturated heterocycles. The lowest BCUT2D eigenvalue weighted by Gasteiger charge is -2.21. The van der Waals surface area contributed by atoms with E-state index in [9.17, 15) is 0 Å². The Hall–Kier alpha value is -1.76. The Balaban J connectivity index is 1.97. The van der Waals surface area contributed by atoms with Crippen molar-refractivity contribution >= 4 is 5.69 Å². The fourth-order valence-corrected chi connectivity index (χ4v) is 2.89. The normalized spacial score (nSPS) is 13.7. The molecule has 1 heterocycles. The maximum Gasteiger partial charge on any atom is 0.0452 e. The van der Waals surface area contributed by atoms with Crippen LogP contribution in [0.4, 0.5) is 5.69 Å². The summed E-state index contributed by atoms with van der Waals surface area (Å²) < 4.78 is 0. The van der Waals surface area contributed by atoms with E-state index >= 15 is 0 Å². The predicted octanol–water partition coefficient (Wildman–Crippen LogP) is 4.66. The van der Waals surface area contributed by atoms with Crippen LogP contribution in [-0.2, 0) is 12.8 Å². The van der Waals surface area contributed by atoms with Crippen molar-refractivity contribution < 1.29 is 0 Å². The number of para-hydroxylation sites is 1. The second kappa shape index (κ2) is 5.48. The third-order valence-electron chi connectivity index (χ3n) is 3.88. The van der Waals surface area contributed by atoms with E-state index in [-0.39, 0.29) is 0 Å². The number of hydrogen-bond donors (Lipinski definition) is 1. The van der Waals surface area contributed by atoms with Gasteiger partial charge in [0.05, 0.1) is 0 Å². The Bertz CT molecular complexity index is 554. The van der Waals surface area contributed by atoms with Gasteiger partial charge in [-0.15, -0.1) is 0 Å². The molecule has 0 amide bonds. The second-order valence-electron chi connectivity index (χ2n) is 5.32. The zero-order chi connectivity index (χ0) is 13.1. The van der Waals surface area contributed by atoms with Crippen LogP contribution in [0.3, 0.4) is 0 Å². The van der Waals surface area contributed by atoms with Crippen LogP contribution in [0.5, 0.6) is 0 Å². The Morgan fingerprint density at radius 1 is 1.05 bits per heavy atom. The van der Waals surface area contributed by atoms with Crippen LogP contribution < -0.4 is 5.32 Å². The van der Waals surface area contributed by atoms with Crippen LogP contribution in [0.2, 0.25) is 0 Å². The number of rotatable bonds is 3. The smallest absolute Gasteiger partial charge is 0.0452 e. The average Bonchev–Trinajstić information content (AvgIpc) is 2.48. The topological polar surface area (TPSA) is 12.0 Å². The molecule has 0 saturated carbocycles. The highest BCUT2D eigenvalue weighted by Gasteiger charge is 2.13. The Labute approximate surface area is 115 Å². The molecule has 2 aromatic rings. The minimum Gasteiger partial charge on any atom is -0.384 e. The molecule has 2 aromatic carbocycles. The molecular formula is C18H21N. The number of aryl methyl sites for hydroxylation is 2. The first-order valence-corrected chi connectivity index (χ1v) is 7.33. The molecule has 1 N–H and O–H groups in total. The van der Waals surface area contributed by atoms with Crippen LogP contribution in [0.15, 0.2) is 42.5 Å². The summed E-state index contributed by atoms with van der Waals surface area (Å²) in [5, 5.41) is 3.57. The first kappa shape index (κ1) is 12.3. The van der Waals surface area contributed by atoms with Gasteiger partial charge in [-0.3, -0.25) is 0 Å². The fourth-order valence-electron chi connectivity index (χ4n) is 2.89. The van der Waals surface area contributed by atoms with Crippen molar-refractivity contribution in [3.8, 4) is 11.1 Å². The molecule has 1 aliphatic rings. The van der Waals surface area contributed by atoms with Gasteiger partial charge in [0.1, 0.15) is 0 Å². The van der Waals surface area contributed by atoms with E-state index in [4.69, 9.17) is 0 Å². The van der Waals surface area contributed by atoms with Crippen LogP contribution in [0.1, 0.15) is 30.9 Å². The molecule has 3 rings (SSSR count). The third-order valence-corrected chi connectivity index (χ3v) is 3.88. The minimum atomic E-state index is 1.10. The van der Waals surface area contributed by atoms with Gasteiger partial charge in [0.15, 0.2) is 0 Å². The summed E-state index contributed by atoms with van der Waals surface area (Å²) in [6.45, 7) is 3.32. The summed E-state index contributed by atoms with van der Waals surface area (Å²) in [6.07, 6.45) is 4.82. The first-order valence-electron chi connectivity index (χ1n) is 7.33. The van der Waals surface area contributed by atoms with Crippen LogP contribution >= 0.6 is 0 Å².